The van der Waals surface area contributed by atoms with Crippen LogP contribution in [0.3, 0.4) is 0 Å². The molecular formula is C11H24OS. The van der Waals surface area contributed by atoms with Gasteiger partial charge in [0, 0.05) is 6.61 Å². The van der Waals surface area contributed by atoms with E-state index in [-0.39, 0.29) is 5.41 Å². The molecule has 1 nitrogen and oxygen atoms in total. The highest BCUT2D eigenvalue weighted by Gasteiger charge is 2.16. The number of ether oxygens (including phenoxy) is 1. The molecule has 0 aromatic carbocycles. The van der Waals surface area contributed by atoms with Crippen molar-refractivity contribution in [3.8, 4) is 0 Å². The van der Waals surface area contributed by atoms with Gasteiger partial charge in [-0.25, -0.2) is 0 Å². The van der Waals surface area contributed by atoms with Crippen LogP contribution in [0.1, 0.15) is 41.0 Å². The van der Waals surface area contributed by atoms with Crippen molar-refractivity contribution in [3.63, 3.8) is 0 Å². The maximum absolute atomic E-state index is 5.62. The van der Waals surface area contributed by atoms with Crippen LogP contribution in [0.25, 0.3) is 0 Å². The average Bonchev–Trinajstić information content (AvgIpc) is 1.97. The molecule has 0 aliphatic heterocycles. The Morgan fingerprint density at radius 2 is 1.62 bits per heavy atom. The first-order valence-corrected chi connectivity index (χ1v) is 5.59. The van der Waals surface area contributed by atoms with E-state index in [1.54, 1.807) is 0 Å². The Hall–Kier alpha value is 0.310. The zero-order chi connectivity index (χ0) is 10.5. The molecule has 0 fully saturated rings. The van der Waals surface area contributed by atoms with Crippen LogP contribution in [-0.4, -0.2) is 19.0 Å². The van der Waals surface area contributed by atoms with Crippen molar-refractivity contribution in [2.75, 3.05) is 19.0 Å². The van der Waals surface area contributed by atoms with E-state index >= 15 is 0 Å². The van der Waals surface area contributed by atoms with E-state index in [2.05, 4.69) is 47.2 Å². The molecule has 2 heteroatoms. The third-order valence-electron chi connectivity index (χ3n) is 1.92. The van der Waals surface area contributed by atoms with E-state index in [1.807, 2.05) is 0 Å². The summed E-state index contributed by atoms with van der Waals surface area (Å²) < 4.78 is 5.62. The van der Waals surface area contributed by atoms with Crippen molar-refractivity contribution in [3.05, 3.63) is 0 Å². The SMILES string of the molecule is CC(C)(C)CCOCC(C)(C)CS. The van der Waals surface area contributed by atoms with Gasteiger partial charge < -0.3 is 4.74 Å². The molecule has 0 spiro atoms. The van der Waals surface area contributed by atoms with Crippen molar-refractivity contribution >= 4 is 12.6 Å². The van der Waals surface area contributed by atoms with Gasteiger partial charge in [0.05, 0.1) is 6.61 Å². The van der Waals surface area contributed by atoms with E-state index in [0.29, 0.717) is 5.41 Å². The van der Waals surface area contributed by atoms with Gasteiger partial charge >= 0.3 is 0 Å². The van der Waals surface area contributed by atoms with Crippen molar-refractivity contribution in [1.82, 2.24) is 0 Å². The molecule has 0 N–H and O–H groups in total. The quantitative estimate of drug-likeness (QED) is 0.533. The summed E-state index contributed by atoms with van der Waals surface area (Å²) in [6, 6.07) is 0. The third kappa shape index (κ3) is 8.63. The molecule has 80 valence electrons. The van der Waals surface area contributed by atoms with Gasteiger partial charge in [-0.3, -0.25) is 0 Å². The first kappa shape index (κ1) is 13.3. The lowest BCUT2D eigenvalue weighted by Gasteiger charge is -2.23. The van der Waals surface area contributed by atoms with Gasteiger partial charge in [-0.05, 0) is 23.0 Å². The standard InChI is InChI=1S/C11H24OS/c1-10(2,3)6-7-12-8-11(4,5)9-13/h13H,6-9H2,1-5H3. The normalized spacial score (nSPS) is 13.4. The van der Waals surface area contributed by atoms with Crippen molar-refractivity contribution in [1.29, 1.82) is 0 Å². The fraction of sp³-hybridized carbons (Fsp3) is 1.00. The van der Waals surface area contributed by atoms with Crippen LogP contribution >= 0.6 is 12.6 Å². The third-order valence-corrected chi connectivity index (χ3v) is 2.77. The Labute approximate surface area is 88.7 Å². The molecule has 0 bridgehead atoms. The average molecular weight is 204 g/mol. The summed E-state index contributed by atoms with van der Waals surface area (Å²) in [7, 11) is 0. The predicted molar refractivity (Wildman–Crippen MR) is 62.5 cm³/mol. The topological polar surface area (TPSA) is 9.23 Å². The molecule has 13 heavy (non-hydrogen) atoms. The van der Waals surface area contributed by atoms with Crippen LogP contribution in [0, 0.1) is 10.8 Å². The lowest BCUT2D eigenvalue weighted by atomic mass is 9.93. The van der Waals surface area contributed by atoms with Gasteiger partial charge in [-0.15, -0.1) is 0 Å². The monoisotopic (exact) mass is 204 g/mol. The van der Waals surface area contributed by atoms with Crippen LogP contribution in [0.2, 0.25) is 0 Å². The fourth-order valence-electron chi connectivity index (χ4n) is 0.772. The molecule has 0 radical (unpaired) electrons. The molecule has 0 heterocycles. The van der Waals surface area contributed by atoms with Gasteiger partial charge in [0.2, 0.25) is 0 Å². The Morgan fingerprint density at radius 3 is 2.00 bits per heavy atom. The highest BCUT2D eigenvalue weighted by molar-refractivity contribution is 7.80. The molecule has 0 aromatic rings. The maximum Gasteiger partial charge on any atom is 0.0524 e. The summed E-state index contributed by atoms with van der Waals surface area (Å²) in [6.45, 7) is 12.7. The molecule has 0 saturated carbocycles. The van der Waals surface area contributed by atoms with Gasteiger partial charge in [0.1, 0.15) is 0 Å². The molecular weight excluding hydrogens is 180 g/mol. The zero-order valence-corrected chi connectivity index (χ0v) is 10.6. The molecule has 0 aliphatic rings. The minimum atomic E-state index is 0.209. The second kappa shape index (κ2) is 5.26. The van der Waals surface area contributed by atoms with Gasteiger partial charge in [-0.1, -0.05) is 34.6 Å². The summed E-state index contributed by atoms with van der Waals surface area (Å²) in [4.78, 5) is 0. The largest absolute Gasteiger partial charge is 0.381 e. The molecule has 0 aromatic heterocycles. The van der Waals surface area contributed by atoms with Crippen LogP contribution in [-0.2, 0) is 4.74 Å². The number of hydrogen-bond donors (Lipinski definition) is 1. The first-order chi connectivity index (χ1) is 5.77. The minimum absolute atomic E-state index is 0.209. The van der Waals surface area contributed by atoms with E-state index in [9.17, 15) is 0 Å². The Kier molecular flexibility index (Phi) is 5.38. The van der Waals surface area contributed by atoms with E-state index in [4.69, 9.17) is 4.74 Å². The van der Waals surface area contributed by atoms with Crippen molar-refractivity contribution < 1.29 is 4.74 Å². The minimum Gasteiger partial charge on any atom is -0.381 e. The second-order valence-corrected chi connectivity index (χ2v) is 6.00. The highest BCUT2D eigenvalue weighted by Crippen LogP contribution is 2.20. The lowest BCUT2D eigenvalue weighted by Crippen LogP contribution is -2.22. The molecule has 0 unspecified atom stereocenters. The second-order valence-electron chi connectivity index (χ2n) is 5.69. The van der Waals surface area contributed by atoms with Gasteiger partial charge in [0.15, 0.2) is 0 Å². The van der Waals surface area contributed by atoms with Crippen LogP contribution in [0.4, 0.5) is 0 Å². The molecule has 0 aliphatic carbocycles. The predicted octanol–water partition coefficient (Wildman–Crippen LogP) is 3.40. The fourth-order valence-corrected chi connectivity index (χ4v) is 0.864. The summed E-state index contributed by atoms with van der Waals surface area (Å²) in [5, 5.41) is 0. The van der Waals surface area contributed by atoms with Crippen LogP contribution in [0.15, 0.2) is 0 Å². The Balaban J connectivity index is 3.47. The molecule has 0 amide bonds. The summed E-state index contributed by atoms with van der Waals surface area (Å²) >= 11 is 4.28. The van der Waals surface area contributed by atoms with Gasteiger partial charge in [0.25, 0.3) is 0 Å². The highest BCUT2D eigenvalue weighted by atomic mass is 32.1. The first-order valence-electron chi connectivity index (χ1n) is 4.95. The smallest absolute Gasteiger partial charge is 0.0524 e. The number of thiol groups is 1. The molecule has 0 atom stereocenters. The number of hydrogen-bond acceptors (Lipinski definition) is 2. The Bertz CT molecular complexity index is 136. The lowest BCUT2D eigenvalue weighted by molar-refractivity contribution is 0.0576. The van der Waals surface area contributed by atoms with Gasteiger partial charge in [-0.2, -0.15) is 12.6 Å². The van der Waals surface area contributed by atoms with Crippen LogP contribution in [0.5, 0.6) is 0 Å². The van der Waals surface area contributed by atoms with Crippen LogP contribution < -0.4 is 0 Å². The maximum atomic E-state index is 5.62. The molecule has 0 rings (SSSR count). The van der Waals surface area contributed by atoms with E-state index in [1.165, 1.54) is 0 Å². The zero-order valence-electron chi connectivity index (χ0n) is 9.68. The molecule has 0 saturated heterocycles. The van der Waals surface area contributed by atoms with E-state index < -0.39 is 0 Å². The summed E-state index contributed by atoms with van der Waals surface area (Å²) in [6.07, 6.45) is 1.12. The summed E-state index contributed by atoms with van der Waals surface area (Å²) in [5.74, 6) is 0.877. The van der Waals surface area contributed by atoms with Crippen molar-refractivity contribution in [2.24, 2.45) is 10.8 Å². The summed E-state index contributed by atoms with van der Waals surface area (Å²) in [5.41, 5.74) is 0.589. The number of rotatable bonds is 5. The van der Waals surface area contributed by atoms with Crippen molar-refractivity contribution in [2.45, 2.75) is 41.0 Å². The Morgan fingerprint density at radius 1 is 1.08 bits per heavy atom. The van der Waals surface area contributed by atoms with E-state index in [0.717, 1.165) is 25.4 Å².